The Morgan fingerprint density at radius 3 is 2.65 bits per heavy atom. The molecule has 0 saturated carbocycles. The van der Waals surface area contributed by atoms with Crippen molar-refractivity contribution in [2.75, 3.05) is 0 Å². The fourth-order valence-electron chi connectivity index (χ4n) is 2.36. The summed E-state index contributed by atoms with van der Waals surface area (Å²) in [6, 6.07) is 14.2. The normalized spacial score (nSPS) is 11.1. The highest BCUT2D eigenvalue weighted by Gasteiger charge is 2.13. The van der Waals surface area contributed by atoms with Crippen LogP contribution in [0.4, 0.5) is 0 Å². The zero-order valence-corrected chi connectivity index (χ0v) is 12.1. The third-order valence-electron chi connectivity index (χ3n) is 3.42. The van der Waals surface area contributed by atoms with E-state index in [9.17, 15) is 0 Å². The van der Waals surface area contributed by atoms with Gasteiger partial charge in [-0.05, 0) is 18.1 Å². The lowest BCUT2D eigenvalue weighted by Gasteiger charge is -2.05. The molecule has 0 unspecified atom stereocenters. The summed E-state index contributed by atoms with van der Waals surface area (Å²) < 4.78 is 1.91. The van der Waals surface area contributed by atoms with E-state index in [1.807, 2.05) is 35.0 Å². The minimum Gasteiger partial charge on any atom is -0.243 e. The quantitative estimate of drug-likeness (QED) is 0.704. The predicted octanol–water partition coefficient (Wildman–Crippen LogP) is 4.55. The number of hydrogen-bond acceptors (Lipinski definition) is 2. The minimum absolute atomic E-state index is 0.709. The van der Waals surface area contributed by atoms with Crippen molar-refractivity contribution in [2.45, 2.75) is 26.3 Å². The van der Waals surface area contributed by atoms with Crippen LogP contribution in [-0.4, -0.2) is 15.0 Å². The first-order valence-corrected chi connectivity index (χ1v) is 7.26. The average Bonchev–Trinajstić information content (AvgIpc) is 2.91. The Bertz CT molecular complexity index is 719. The van der Waals surface area contributed by atoms with Crippen LogP contribution in [0.3, 0.4) is 0 Å². The van der Waals surface area contributed by atoms with Crippen LogP contribution in [0.15, 0.2) is 42.5 Å². The highest BCUT2D eigenvalue weighted by molar-refractivity contribution is 6.35. The van der Waals surface area contributed by atoms with Crippen LogP contribution in [0.1, 0.15) is 19.8 Å². The average molecular weight is 286 g/mol. The second-order valence-corrected chi connectivity index (χ2v) is 5.23. The van der Waals surface area contributed by atoms with Crippen molar-refractivity contribution in [3.8, 4) is 11.1 Å². The van der Waals surface area contributed by atoms with Crippen LogP contribution >= 0.6 is 11.6 Å². The maximum atomic E-state index is 6.34. The molecule has 0 saturated heterocycles. The summed E-state index contributed by atoms with van der Waals surface area (Å²) in [6.45, 7) is 3.01. The second-order valence-electron chi connectivity index (χ2n) is 4.82. The number of aryl methyl sites for hydroxylation is 1. The minimum atomic E-state index is 0.709. The lowest BCUT2D eigenvalue weighted by molar-refractivity contribution is 0.567. The Hall–Kier alpha value is -1.87. The first kappa shape index (κ1) is 13.1. The number of unbranched alkanes of at least 4 members (excludes halogenated alkanes) is 1. The molecule has 3 nitrogen and oxygen atoms in total. The van der Waals surface area contributed by atoms with E-state index in [4.69, 9.17) is 11.6 Å². The number of aromatic nitrogens is 3. The standard InChI is InChI=1S/C16H16ClN3/c1-2-3-11-20-16-14(17)10-9-13(15(16)18-19-20)12-7-5-4-6-8-12/h4-10H,2-3,11H2,1H3. The van der Waals surface area contributed by atoms with E-state index in [1.54, 1.807) is 0 Å². The maximum absolute atomic E-state index is 6.34. The summed E-state index contributed by atoms with van der Waals surface area (Å²) in [5.41, 5.74) is 4.02. The van der Waals surface area contributed by atoms with Crippen LogP contribution in [0.25, 0.3) is 22.2 Å². The third-order valence-corrected chi connectivity index (χ3v) is 3.73. The van der Waals surface area contributed by atoms with E-state index in [2.05, 4.69) is 29.4 Å². The molecule has 0 N–H and O–H groups in total. The topological polar surface area (TPSA) is 30.7 Å². The number of benzene rings is 2. The number of hydrogen-bond donors (Lipinski definition) is 0. The summed E-state index contributed by atoms with van der Waals surface area (Å²) in [6.07, 6.45) is 2.20. The maximum Gasteiger partial charge on any atom is 0.122 e. The zero-order valence-electron chi connectivity index (χ0n) is 11.4. The highest BCUT2D eigenvalue weighted by Crippen LogP contribution is 2.31. The molecule has 0 aliphatic rings. The second kappa shape index (κ2) is 5.63. The fraction of sp³-hybridized carbons (Fsp3) is 0.250. The fourth-order valence-corrected chi connectivity index (χ4v) is 2.61. The monoisotopic (exact) mass is 285 g/mol. The molecular weight excluding hydrogens is 270 g/mol. The number of fused-ring (bicyclic) bond motifs is 1. The molecule has 102 valence electrons. The summed E-state index contributed by atoms with van der Waals surface area (Å²) in [5.74, 6) is 0. The van der Waals surface area contributed by atoms with Gasteiger partial charge in [-0.15, -0.1) is 5.10 Å². The van der Waals surface area contributed by atoms with Crippen molar-refractivity contribution in [1.29, 1.82) is 0 Å². The van der Waals surface area contributed by atoms with Crippen molar-refractivity contribution in [3.63, 3.8) is 0 Å². The van der Waals surface area contributed by atoms with Gasteiger partial charge in [0.05, 0.1) is 5.02 Å². The van der Waals surface area contributed by atoms with Gasteiger partial charge in [0.25, 0.3) is 0 Å². The van der Waals surface area contributed by atoms with Crippen LogP contribution in [0, 0.1) is 0 Å². The molecule has 1 aromatic heterocycles. The number of rotatable bonds is 4. The number of nitrogens with zero attached hydrogens (tertiary/aromatic N) is 3. The van der Waals surface area contributed by atoms with Crippen LogP contribution in [0.2, 0.25) is 5.02 Å². The Kier molecular flexibility index (Phi) is 3.70. The van der Waals surface area contributed by atoms with Gasteiger partial charge in [-0.25, -0.2) is 4.68 Å². The first-order chi connectivity index (χ1) is 9.81. The van der Waals surface area contributed by atoms with Crippen molar-refractivity contribution in [3.05, 3.63) is 47.5 Å². The predicted molar refractivity (Wildman–Crippen MR) is 82.9 cm³/mol. The molecule has 0 fully saturated rings. The molecule has 0 amide bonds. The van der Waals surface area contributed by atoms with Crippen LogP contribution in [0.5, 0.6) is 0 Å². The largest absolute Gasteiger partial charge is 0.243 e. The lowest BCUT2D eigenvalue weighted by atomic mass is 10.0. The summed E-state index contributed by atoms with van der Waals surface area (Å²) >= 11 is 6.34. The Labute approximate surface area is 123 Å². The van der Waals surface area contributed by atoms with E-state index in [1.165, 1.54) is 0 Å². The molecule has 1 heterocycles. The molecule has 0 spiro atoms. The molecule has 3 rings (SSSR count). The number of halogens is 1. The molecule has 0 radical (unpaired) electrons. The van der Waals surface area contributed by atoms with Crippen molar-refractivity contribution in [2.24, 2.45) is 0 Å². The van der Waals surface area contributed by atoms with Gasteiger partial charge >= 0.3 is 0 Å². The molecular formula is C16H16ClN3. The molecule has 4 heteroatoms. The van der Waals surface area contributed by atoms with E-state index in [-0.39, 0.29) is 0 Å². The van der Waals surface area contributed by atoms with Gasteiger partial charge in [0, 0.05) is 12.1 Å². The Morgan fingerprint density at radius 1 is 1.10 bits per heavy atom. The molecule has 0 atom stereocenters. The third kappa shape index (κ3) is 2.29. The summed E-state index contributed by atoms with van der Waals surface area (Å²) in [5, 5.41) is 9.31. The van der Waals surface area contributed by atoms with Gasteiger partial charge in [0.1, 0.15) is 11.0 Å². The van der Waals surface area contributed by atoms with Gasteiger partial charge in [-0.3, -0.25) is 0 Å². The molecule has 20 heavy (non-hydrogen) atoms. The van der Waals surface area contributed by atoms with Gasteiger partial charge in [0.15, 0.2) is 0 Å². The van der Waals surface area contributed by atoms with Crippen LogP contribution in [-0.2, 0) is 6.54 Å². The van der Waals surface area contributed by atoms with Gasteiger partial charge in [-0.2, -0.15) is 0 Å². The SMILES string of the molecule is CCCCn1nnc2c(-c3ccccc3)ccc(Cl)c21. The Balaban J connectivity index is 2.16. The molecule has 0 aliphatic carbocycles. The van der Waals surface area contributed by atoms with Gasteiger partial charge in [0.2, 0.25) is 0 Å². The van der Waals surface area contributed by atoms with Gasteiger partial charge in [-0.1, -0.05) is 66.6 Å². The van der Waals surface area contributed by atoms with Crippen molar-refractivity contribution >= 4 is 22.6 Å². The van der Waals surface area contributed by atoms with E-state index in [0.717, 1.165) is 41.5 Å². The Morgan fingerprint density at radius 2 is 1.90 bits per heavy atom. The smallest absolute Gasteiger partial charge is 0.122 e. The van der Waals surface area contributed by atoms with E-state index >= 15 is 0 Å². The van der Waals surface area contributed by atoms with E-state index < -0.39 is 0 Å². The first-order valence-electron chi connectivity index (χ1n) is 6.88. The highest BCUT2D eigenvalue weighted by atomic mass is 35.5. The van der Waals surface area contributed by atoms with Gasteiger partial charge < -0.3 is 0 Å². The van der Waals surface area contributed by atoms with E-state index in [0.29, 0.717) is 5.02 Å². The zero-order chi connectivity index (χ0) is 13.9. The van der Waals surface area contributed by atoms with Crippen LogP contribution < -0.4 is 0 Å². The molecule has 3 aromatic rings. The van der Waals surface area contributed by atoms with Crippen molar-refractivity contribution < 1.29 is 0 Å². The summed E-state index contributed by atoms with van der Waals surface area (Å²) in [7, 11) is 0. The lowest BCUT2D eigenvalue weighted by Crippen LogP contribution is -2.00. The molecule has 0 aliphatic heterocycles. The molecule has 0 bridgehead atoms. The summed E-state index contributed by atoms with van der Waals surface area (Å²) in [4.78, 5) is 0. The molecule has 2 aromatic carbocycles. The van der Waals surface area contributed by atoms with Crippen molar-refractivity contribution in [1.82, 2.24) is 15.0 Å².